The summed E-state index contributed by atoms with van der Waals surface area (Å²) >= 11 is 2.28. The SMILES string of the molecule is CC1CN(CCOc2cccc(I)c2)CCN1C(=O)OC(C)(C)C. The van der Waals surface area contributed by atoms with Gasteiger partial charge in [0.05, 0.1) is 0 Å². The summed E-state index contributed by atoms with van der Waals surface area (Å²) in [5.74, 6) is 0.905. The summed E-state index contributed by atoms with van der Waals surface area (Å²) in [6.07, 6.45) is -0.218. The minimum absolute atomic E-state index is 0.145. The number of carbonyl (C=O) groups excluding carboxylic acids is 1. The predicted molar refractivity (Wildman–Crippen MR) is 103 cm³/mol. The first-order valence-corrected chi connectivity index (χ1v) is 9.43. The van der Waals surface area contributed by atoms with E-state index in [2.05, 4.69) is 34.4 Å². The first-order valence-electron chi connectivity index (χ1n) is 8.35. The van der Waals surface area contributed by atoms with Crippen molar-refractivity contribution in [2.75, 3.05) is 32.8 Å². The van der Waals surface area contributed by atoms with Crippen LogP contribution in [0.1, 0.15) is 27.7 Å². The standard InChI is InChI=1S/C18H27IN2O3/c1-14-13-20(8-9-21(14)17(22)24-18(2,3)4)10-11-23-16-7-5-6-15(19)12-16/h5-7,12,14H,8-11,13H2,1-4H3. The molecule has 134 valence electrons. The van der Waals surface area contributed by atoms with E-state index in [0.717, 1.165) is 25.4 Å². The zero-order chi connectivity index (χ0) is 17.7. The number of ether oxygens (including phenoxy) is 2. The molecule has 1 aromatic rings. The van der Waals surface area contributed by atoms with E-state index in [1.54, 1.807) is 0 Å². The van der Waals surface area contributed by atoms with Crippen molar-refractivity contribution in [3.05, 3.63) is 27.8 Å². The molecular weight excluding hydrogens is 419 g/mol. The Hall–Kier alpha value is -1.02. The van der Waals surface area contributed by atoms with Gasteiger partial charge in [0.2, 0.25) is 0 Å². The first kappa shape index (κ1) is 19.3. The van der Waals surface area contributed by atoms with Gasteiger partial charge in [-0.3, -0.25) is 4.90 Å². The van der Waals surface area contributed by atoms with Crippen molar-refractivity contribution in [3.8, 4) is 5.75 Å². The summed E-state index contributed by atoms with van der Waals surface area (Å²) in [7, 11) is 0. The molecule has 1 unspecified atom stereocenters. The summed E-state index contributed by atoms with van der Waals surface area (Å²) in [4.78, 5) is 16.4. The third kappa shape index (κ3) is 6.12. The van der Waals surface area contributed by atoms with Crippen LogP contribution in [0.15, 0.2) is 24.3 Å². The summed E-state index contributed by atoms with van der Waals surface area (Å²) in [6, 6.07) is 8.20. The maximum atomic E-state index is 12.2. The molecule has 24 heavy (non-hydrogen) atoms. The number of amides is 1. The Kier molecular flexibility index (Phi) is 6.74. The van der Waals surface area contributed by atoms with Crippen LogP contribution in [0.25, 0.3) is 0 Å². The summed E-state index contributed by atoms with van der Waals surface area (Å²) < 4.78 is 12.5. The van der Waals surface area contributed by atoms with Crippen LogP contribution in [0.3, 0.4) is 0 Å². The molecule has 1 aromatic carbocycles. The van der Waals surface area contributed by atoms with Crippen molar-refractivity contribution in [3.63, 3.8) is 0 Å². The van der Waals surface area contributed by atoms with E-state index in [4.69, 9.17) is 9.47 Å². The Labute approximate surface area is 158 Å². The van der Waals surface area contributed by atoms with Crippen LogP contribution in [0.4, 0.5) is 4.79 Å². The Balaban J connectivity index is 1.75. The van der Waals surface area contributed by atoms with E-state index in [0.29, 0.717) is 13.2 Å². The second kappa shape index (κ2) is 8.38. The number of carbonyl (C=O) groups is 1. The lowest BCUT2D eigenvalue weighted by atomic mass is 10.2. The molecule has 1 fully saturated rings. The minimum Gasteiger partial charge on any atom is -0.492 e. The van der Waals surface area contributed by atoms with Crippen LogP contribution >= 0.6 is 22.6 Å². The van der Waals surface area contributed by atoms with E-state index in [-0.39, 0.29) is 12.1 Å². The van der Waals surface area contributed by atoms with Crippen molar-refractivity contribution in [1.29, 1.82) is 0 Å². The molecule has 0 aliphatic carbocycles. The molecule has 0 saturated carbocycles. The van der Waals surface area contributed by atoms with E-state index >= 15 is 0 Å². The van der Waals surface area contributed by atoms with E-state index in [1.807, 2.05) is 49.9 Å². The average Bonchev–Trinajstić information content (AvgIpc) is 2.45. The lowest BCUT2D eigenvalue weighted by Crippen LogP contribution is -2.55. The fraction of sp³-hybridized carbons (Fsp3) is 0.611. The van der Waals surface area contributed by atoms with E-state index in [9.17, 15) is 4.79 Å². The third-order valence-corrected chi connectivity index (χ3v) is 4.48. The van der Waals surface area contributed by atoms with Crippen molar-refractivity contribution >= 4 is 28.7 Å². The smallest absolute Gasteiger partial charge is 0.410 e. The van der Waals surface area contributed by atoms with Crippen LogP contribution < -0.4 is 4.74 Å². The van der Waals surface area contributed by atoms with Crippen molar-refractivity contribution in [2.45, 2.75) is 39.3 Å². The van der Waals surface area contributed by atoms with Crippen LogP contribution in [-0.4, -0.2) is 60.3 Å². The Morgan fingerprint density at radius 1 is 1.33 bits per heavy atom. The highest BCUT2D eigenvalue weighted by Gasteiger charge is 2.30. The van der Waals surface area contributed by atoms with Crippen molar-refractivity contribution < 1.29 is 14.3 Å². The van der Waals surface area contributed by atoms with Gasteiger partial charge in [-0.2, -0.15) is 0 Å². The van der Waals surface area contributed by atoms with Gasteiger partial charge in [-0.25, -0.2) is 4.79 Å². The quantitative estimate of drug-likeness (QED) is 0.663. The van der Waals surface area contributed by atoms with E-state index < -0.39 is 5.60 Å². The Morgan fingerprint density at radius 2 is 2.08 bits per heavy atom. The normalized spacial score (nSPS) is 19.2. The van der Waals surface area contributed by atoms with Crippen LogP contribution in [0.2, 0.25) is 0 Å². The van der Waals surface area contributed by atoms with Crippen LogP contribution in [0.5, 0.6) is 5.75 Å². The Morgan fingerprint density at radius 3 is 2.71 bits per heavy atom. The highest BCUT2D eigenvalue weighted by Crippen LogP contribution is 2.17. The molecule has 0 radical (unpaired) electrons. The summed E-state index contributed by atoms with van der Waals surface area (Å²) in [5.41, 5.74) is -0.449. The molecule has 6 heteroatoms. The van der Waals surface area contributed by atoms with Crippen LogP contribution in [-0.2, 0) is 4.74 Å². The van der Waals surface area contributed by atoms with Gasteiger partial charge in [-0.1, -0.05) is 6.07 Å². The highest BCUT2D eigenvalue weighted by atomic mass is 127. The molecular formula is C18H27IN2O3. The number of hydrogen-bond acceptors (Lipinski definition) is 4. The molecule has 0 spiro atoms. The molecule has 1 amide bonds. The molecule has 0 N–H and O–H groups in total. The van der Waals surface area contributed by atoms with Gasteiger partial charge in [0.25, 0.3) is 0 Å². The number of nitrogens with zero attached hydrogens (tertiary/aromatic N) is 2. The van der Waals surface area contributed by atoms with Crippen LogP contribution in [0, 0.1) is 3.57 Å². The van der Waals surface area contributed by atoms with Gasteiger partial charge >= 0.3 is 6.09 Å². The molecule has 2 rings (SSSR count). The summed E-state index contributed by atoms with van der Waals surface area (Å²) in [5, 5.41) is 0. The van der Waals surface area contributed by atoms with Gasteiger partial charge in [-0.05, 0) is 68.5 Å². The lowest BCUT2D eigenvalue weighted by Gasteiger charge is -2.40. The number of rotatable bonds is 4. The fourth-order valence-corrected chi connectivity index (χ4v) is 3.19. The number of halogens is 1. The van der Waals surface area contributed by atoms with Crippen molar-refractivity contribution in [2.24, 2.45) is 0 Å². The van der Waals surface area contributed by atoms with Gasteiger partial charge in [-0.15, -0.1) is 0 Å². The topological polar surface area (TPSA) is 42.0 Å². The largest absolute Gasteiger partial charge is 0.492 e. The molecule has 0 bridgehead atoms. The highest BCUT2D eigenvalue weighted by molar-refractivity contribution is 14.1. The van der Waals surface area contributed by atoms with Gasteiger partial charge in [0.1, 0.15) is 18.0 Å². The molecule has 1 aliphatic rings. The predicted octanol–water partition coefficient (Wildman–Crippen LogP) is 3.61. The molecule has 0 aromatic heterocycles. The first-order chi connectivity index (χ1) is 11.2. The molecule has 1 aliphatic heterocycles. The lowest BCUT2D eigenvalue weighted by molar-refractivity contribution is 0.000361. The number of hydrogen-bond donors (Lipinski definition) is 0. The van der Waals surface area contributed by atoms with Gasteiger partial charge in [0, 0.05) is 35.8 Å². The van der Waals surface area contributed by atoms with Gasteiger partial charge in [0.15, 0.2) is 0 Å². The number of piperazine rings is 1. The second-order valence-electron chi connectivity index (χ2n) is 7.13. The maximum absolute atomic E-state index is 12.2. The summed E-state index contributed by atoms with van der Waals surface area (Å²) in [6.45, 7) is 11.6. The minimum atomic E-state index is -0.449. The molecule has 1 atom stereocenters. The fourth-order valence-electron chi connectivity index (χ4n) is 2.68. The Bertz CT molecular complexity index is 559. The second-order valence-corrected chi connectivity index (χ2v) is 8.37. The number of benzene rings is 1. The zero-order valence-corrected chi connectivity index (χ0v) is 17.1. The maximum Gasteiger partial charge on any atom is 0.410 e. The molecule has 1 saturated heterocycles. The average molecular weight is 446 g/mol. The van der Waals surface area contributed by atoms with Crippen molar-refractivity contribution in [1.82, 2.24) is 9.80 Å². The van der Waals surface area contributed by atoms with Gasteiger partial charge < -0.3 is 14.4 Å². The zero-order valence-electron chi connectivity index (χ0n) is 14.9. The molecule has 5 nitrogen and oxygen atoms in total. The molecule has 1 heterocycles. The monoisotopic (exact) mass is 446 g/mol. The third-order valence-electron chi connectivity index (χ3n) is 3.81. The van der Waals surface area contributed by atoms with E-state index in [1.165, 1.54) is 3.57 Å².